The highest BCUT2D eigenvalue weighted by Crippen LogP contribution is 2.39. The van der Waals surface area contributed by atoms with Crippen molar-refractivity contribution in [2.24, 2.45) is 5.92 Å². The van der Waals surface area contributed by atoms with Crippen molar-refractivity contribution in [2.75, 3.05) is 5.73 Å². The SMILES string of the molecule is Cc1cccc(N)c1C1CCC(C)CC1. The van der Waals surface area contributed by atoms with E-state index in [0.29, 0.717) is 5.92 Å². The first-order valence-corrected chi connectivity index (χ1v) is 6.03. The van der Waals surface area contributed by atoms with Crippen molar-refractivity contribution in [1.29, 1.82) is 0 Å². The third-order valence-electron chi connectivity index (χ3n) is 3.78. The second-order valence-corrected chi connectivity index (χ2v) is 5.03. The van der Waals surface area contributed by atoms with Gasteiger partial charge in [-0.2, -0.15) is 0 Å². The number of rotatable bonds is 1. The number of hydrogen-bond acceptors (Lipinski definition) is 1. The van der Waals surface area contributed by atoms with Crippen LogP contribution in [0.25, 0.3) is 0 Å². The molecule has 0 spiro atoms. The monoisotopic (exact) mass is 203 g/mol. The standard InChI is InChI=1S/C14H21N/c1-10-6-8-12(9-7-10)14-11(2)4-3-5-13(14)15/h3-5,10,12H,6-9,15H2,1-2H3. The molecular formula is C14H21N. The highest BCUT2D eigenvalue weighted by atomic mass is 14.6. The summed E-state index contributed by atoms with van der Waals surface area (Å²) >= 11 is 0. The van der Waals surface area contributed by atoms with E-state index in [1.165, 1.54) is 36.8 Å². The molecule has 0 saturated heterocycles. The van der Waals surface area contributed by atoms with Gasteiger partial charge in [0.25, 0.3) is 0 Å². The molecule has 1 saturated carbocycles. The van der Waals surface area contributed by atoms with Gasteiger partial charge in [-0.25, -0.2) is 0 Å². The molecule has 0 atom stereocenters. The summed E-state index contributed by atoms with van der Waals surface area (Å²) in [7, 11) is 0. The largest absolute Gasteiger partial charge is 0.398 e. The molecule has 1 nitrogen and oxygen atoms in total. The summed E-state index contributed by atoms with van der Waals surface area (Å²) in [5.74, 6) is 1.62. The summed E-state index contributed by atoms with van der Waals surface area (Å²) in [6.07, 6.45) is 5.35. The molecule has 0 bridgehead atoms. The van der Waals surface area contributed by atoms with E-state index in [9.17, 15) is 0 Å². The summed E-state index contributed by atoms with van der Waals surface area (Å²) in [5.41, 5.74) is 9.87. The lowest BCUT2D eigenvalue weighted by molar-refractivity contribution is 0.348. The molecule has 1 aliphatic rings. The summed E-state index contributed by atoms with van der Waals surface area (Å²) in [5, 5.41) is 0. The van der Waals surface area contributed by atoms with Crippen LogP contribution in [-0.2, 0) is 0 Å². The minimum Gasteiger partial charge on any atom is -0.398 e. The molecule has 0 heterocycles. The van der Waals surface area contributed by atoms with Gasteiger partial charge in [0.05, 0.1) is 0 Å². The van der Waals surface area contributed by atoms with Gasteiger partial charge in [0, 0.05) is 5.69 Å². The van der Waals surface area contributed by atoms with E-state index in [2.05, 4.69) is 26.0 Å². The smallest absolute Gasteiger partial charge is 0.0352 e. The lowest BCUT2D eigenvalue weighted by Crippen LogP contribution is -2.13. The molecule has 0 amide bonds. The number of aryl methyl sites for hydroxylation is 1. The summed E-state index contributed by atoms with van der Waals surface area (Å²) in [6, 6.07) is 6.28. The molecule has 2 rings (SSSR count). The molecule has 1 aliphatic carbocycles. The van der Waals surface area contributed by atoms with Crippen LogP contribution in [0.2, 0.25) is 0 Å². The molecule has 1 heteroatoms. The van der Waals surface area contributed by atoms with Crippen LogP contribution in [0.5, 0.6) is 0 Å². The van der Waals surface area contributed by atoms with Crippen molar-refractivity contribution in [3.63, 3.8) is 0 Å². The fraction of sp³-hybridized carbons (Fsp3) is 0.571. The third kappa shape index (κ3) is 2.17. The van der Waals surface area contributed by atoms with Crippen LogP contribution in [0.3, 0.4) is 0 Å². The van der Waals surface area contributed by atoms with E-state index in [1.807, 2.05) is 6.07 Å². The van der Waals surface area contributed by atoms with E-state index in [-0.39, 0.29) is 0 Å². The molecule has 15 heavy (non-hydrogen) atoms. The highest BCUT2D eigenvalue weighted by molar-refractivity contribution is 5.52. The first-order valence-electron chi connectivity index (χ1n) is 6.03. The van der Waals surface area contributed by atoms with Gasteiger partial charge in [0.2, 0.25) is 0 Å². The van der Waals surface area contributed by atoms with Gasteiger partial charge in [-0.1, -0.05) is 31.9 Å². The Kier molecular flexibility index (Phi) is 2.99. The van der Waals surface area contributed by atoms with E-state index in [1.54, 1.807) is 0 Å². The van der Waals surface area contributed by atoms with E-state index in [0.717, 1.165) is 11.6 Å². The predicted molar refractivity (Wildman–Crippen MR) is 66.0 cm³/mol. The van der Waals surface area contributed by atoms with E-state index in [4.69, 9.17) is 5.73 Å². The number of benzene rings is 1. The van der Waals surface area contributed by atoms with Gasteiger partial charge in [0.15, 0.2) is 0 Å². The summed E-state index contributed by atoms with van der Waals surface area (Å²) in [6.45, 7) is 4.54. The van der Waals surface area contributed by atoms with Crippen molar-refractivity contribution in [1.82, 2.24) is 0 Å². The zero-order valence-corrected chi connectivity index (χ0v) is 9.79. The molecule has 0 aliphatic heterocycles. The first kappa shape index (κ1) is 10.5. The Morgan fingerprint density at radius 2 is 1.80 bits per heavy atom. The van der Waals surface area contributed by atoms with E-state index < -0.39 is 0 Å². The average molecular weight is 203 g/mol. The van der Waals surface area contributed by atoms with Crippen molar-refractivity contribution >= 4 is 5.69 Å². The van der Waals surface area contributed by atoms with Gasteiger partial charge in [0.1, 0.15) is 0 Å². The second-order valence-electron chi connectivity index (χ2n) is 5.03. The maximum absolute atomic E-state index is 6.09. The van der Waals surface area contributed by atoms with Crippen LogP contribution < -0.4 is 5.73 Å². The predicted octanol–water partition coefficient (Wildman–Crippen LogP) is 3.87. The molecule has 0 aromatic heterocycles. The maximum atomic E-state index is 6.09. The maximum Gasteiger partial charge on any atom is 0.0352 e. The van der Waals surface area contributed by atoms with Gasteiger partial charge in [-0.15, -0.1) is 0 Å². The molecule has 1 aromatic carbocycles. The number of anilines is 1. The van der Waals surface area contributed by atoms with Crippen LogP contribution in [0.15, 0.2) is 18.2 Å². The van der Waals surface area contributed by atoms with E-state index >= 15 is 0 Å². The summed E-state index contributed by atoms with van der Waals surface area (Å²) in [4.78, 5) is 0. The zero-order valence-electron chi connectivity index (χ0n) is 9.79. The fourth-order valence-corrected chi connectivity index (χ4v) is 2.81. The first-order chi connectivity index (χ1) is 7.18. The number of nitrogens with two attached hydrogens (primary N) is 1. The Bertz CT molecular complexity index is 315. The Labute approximate surface area is 92.7 Å². The van der Waals surface area contributed by atoms with Gasteiger partial charge in [-0.3, -0.25) is 0 Å². The fourth-order valence-electron chi connectivity index (χ4n) is 2.81. The van der Waals surface area contributed by atoms with Crippen LogP contribution in [0.4, 0.5) is 5.69 Å². The average Bonchev–Trinajstić information content (AvgIpc) is 2.20. The molecule has 1 fully saturated rings. The van der Waals surface area contributed by atoms with Crippen molar-refractivity contribution in [3.8, 4) is 0 Å². The Balaban J connectivity index is 2.22. The second kappa shape index (κ2) is 4.26. The van der Waals surface area contributed by atoms with Gasteiger partial charge in [-0.05, 0) is 48.8 Å². The number of nitrogen functional groups attached to an aromatic ring is 1. The molecule has 82 valence electrons. The molecule has 0 unspecified atom stereocenters. The third-order valence-corrected chi connectivity index (χ3v) is 3.78. The molecule has 0 radical (unpaired) electrons. The Morgan fingerprint density at radius 1 is 1.13 bits per heavy atom. The summed E-state index contributed by atoms with van der Waals surface area (Å²) < 4.78 is 0. The Hall–Kier alpha value is -0.980. The minimum absolute atomic E-state index is 0.711. The van der Waals surface area contributed by atoms with Gasteiger partial charge >= 0.3 is 0 Å². The topological polar surface area (TPSA) is 26.0 Å². The minimum atomic E-state index is 0.711. The van der Waals surface area contributed by atoms with Crippen molar-refractivity contribution in [2.45, 2.75) is 45.4 Å². The van der Waals surface area contributed by atoms with Crippen LogP contribution in [-0.4, -0.2) is 0 Å². The Morgan fingerprint density at radius 3 is 2.40 bits per heavy atom. The van der Waals surface area contributed by atoms with Crippen molar-refractivity contribution in [3.05, 3.63) is 29.3 Å². The van der Waals surface area contributed by atoms with Crippen LogP contribution in [0, 0.1) is 12.8 Å². The normalized spacial score (nSPS) is 26.5. The molecule has 1 aromatic rings. The number of hydrogen-bond donors (Lipinski definition) is 1. The molecular weight excluding hydrogens is 182 g/mol. The van der Waals surface area contributed by atoms with Crippen LogP contribution >= 0.6 is 0 Å². The zero-order chi connectivity index (χ0) is 10.8. The van der Waals surface area contributed by atoms with Crippen molar-refractivity contribution < 1.29 is 0 Å². The quantitative estimate of drug-likeness (QED) is 0.689. The lowest BCUT2D eigenvalue weighted by atomic mass is 9.78. The van der Waals surface area contributed by atoms with Gasteiger partial charge < -0.3 is 5.73 Å². The lowest BCUT2D eigenvalue weighted by Gasteiger charge is -2.28. The molecule has 2 N–H and O–H groups in total. The van der Waals surface area contributed by atoms with Crippen LogP contribution in [0.1, 0.15) is 49.7 Å². The highest BCUT2D eigenvalue weighted by Gasteiger charge is 2.22.